The quantitative estimate of drug-likeness (QED) is 0.401. The number of aryl methyl sites for hydroxylation is 2. The summed E-state index contributed by atoms with van der Waals surface area (Å²) in [5.41, 5.74) is 3.77. The third kappa shape index (κ3) is 4.03. The molecule has 178 valence electrons. The molecule has 0 spiro atoms. The van der Waals surface area contributed by atoms with Crippen molar-refractivity contribution in [3.05, 3.63) is 58.6 Å². The standard InChI is InChI=1S/C25H23ClFN7O/c1-13-14(2)30-25-23(29-13)22(19-7-4-16(26)9-20(19)27)31-24(32-25)15-3-8-21(35)33(11-15)18-10-28-34(12-18)17-5-6-17/h4,7,9-10,12,15,17H,3,5-6,8,11H2,1-2H3/t15-/m0/s1. The van der Waals surface area contributed by atoms with Gasteiger partial charge < -0.3 is 4.90 Å². The van der Waals surface area contributed by atoms with Crippen molar-refractivity contribution in [1.29, 1.82) is 0 Å². The molecule has 0 bridgehead atoms. The lowest BCUT2D eigenvalue weighted by Crippen LogP contribution is -2.39. The minimum absolute atomic E-state index is 0.0487. The van der Waals surface area contributed by atoms with E-state index in [1.165, 1.54) is 6.07 Å². The first kappa shape index (κ1) is 22.0. The molecule has 1 aromatic carbocycles. The summed E-state index contributed by atoms with van der Waals surface area (Å²) in [6.07, 6.45) is 6.87. The highest BCUT2D eigenvalue weighted by Crippen LogP contribution is 2.37. The van der Waals surface area contributed by atoms with Crippen LogP contribution in [0.4, 0.5) is 10.1 Å². The number of carbonyl (C=O) groups excluding carboxylic acids is 1. The summed E-state index contributed by atoms with van der Waals surface area (Å²) in [5.74, 6) is -0.0607. The van der Waals surface area contributed by atoms with Crippen LogP contribution in [0.2, 0.25) is 5.02 Å². The molecule has 35 heavy (non-hydrogen) atoms. The molecule has 8 nitrogen and oxygen atoms in total. The van der Waals surface area contributed by atoms with Gasteiger partial charge in [0.1, 0.15) is 22.9 Å². The molecule has 2 fully saturated rings. The van der Waals surface area contributed by atoms with E-state index in [0.29, 0.717) is 53.1 Å². The zero-order chi connectivity index (χ0) is 24.3. The Labute approximate surface area is 206 Å². The van der Waals surface area contributed by atoms with E-state index in [4.69, 9.17) is 21.6 Å². The fraction of sp³-hybridized carbons (Fsp3) is 0.360. The van der Waals surface area contributed by atoms with Gasteiger partial charge in [-0.3, -0.25) is 9.48 Å². The molecule has 3 aromatic heterocycles. The smallest absolute Gasteiger partial charge is 0.227 e. The van der Waals surface area contributed by atoms with Crippen LogP contribution >= 0.6 is 11.6 Å². The van der Waals surface area contributed by atoms with Crippen molar-refractivity contribution in [3.8, 4) is 11.3 Å². The number of hydrogen-bond acceptors (Lipinski definition) is 6. The molecule has 1 saturated heterocycles. The monoisotopic (exact) mass is 491 g/mol. The van der Waals surface area contributed by atoms with Crippen LogP contribution in [0.3, 0.4) is 0 Å². The fourth-order valence-corrected chi connectivity index (χ4v) is 4.65. The van der Waals surface area contributed by atoms with Crippen molar-refractivity contribution in [3.63, 3.8) is 0 Å². The van der Waals surface area contributed by atoms with Crippen LogP contribution in [0.15, 0.2) is 30.6 Å². The molecular formula is C25H23ClFN7O. The number of amides is 1. The van der Waals surface area contributed by atoms with Crippen molar-refractivity contribution in [2.75, 3.05) is 11.4 Å². The van der Waals surface area contributed by atoms with Crippen LogP contribution < -0.4 is 4.90 Å². The van der Waals surface area contributed by atoms with E-state index in [0.717, 1.165) is 29.9 Å². The van der Waals surface area contributed by atoms with Gasteiger partial charge in [-0.15, -0.1) is 0 Å². The number of benzene rings is 1. The van der Waals surface area contributed by atoms with E-state index in [9.17, 15) is 9.18 Å². The highest BCUT2D eigenvalue weighted by atomic mass is 35.5. The van der Waals surface area contributed by atoms with Gasteiger partial charge >= 0.3 is 0 Å². The molecule has 4 aromatic rings. The number of hydrogen-bond donors (Lipinski definition) is 0. The Kier molecular flexibility index (Phi) is 5.25. The van der Waals surface area contributed by atoms with Crippen molar-refractivity contribution < 1.29 is 9.18 Å². The first-order chi connectivity index (χ1) is 16.9. The van der Waals surface area contributed by atoms with Crippen molar-refractivity contribution in [2.24, 2.45) is 0 Å². The summed E-state index contributed by atoms with van der Waals surface area (Å²) in [5, 5.41) is 4.74. The van der Waals surface area contributed by atoms with Crippen molar-refractivity contribution in [2.45, 2.75) is 51.5 Å². The van der Waals surface area contributed by atoms with Gasteiger partial charge in [-0.05, 0) is 51.3 Å². The number of carbonyl (C=O) groups is 1. The number of anilines is 1. The zero-order valence-electron chi connectivity index (χ0n) is 19.4. The normalized spacial score (nSPS) is 18.5. The zero-order valence-corrected chi connectivity index (χ0v) is 20.1. The van der Waals surface area contributed by atoms with E-state index in [1.54, 1.807) is 23.2 Å². The summed E-state index contributed by atoms with van der Waals surface area (Å²) in [4.78, 5) is 33.3. The van der Waals surface area contributed by atoms with Crippen LogP contribution in [0.25, 0.3) is 22.4 Å². The molecule has 4 heterocycles. The highest BCUT2D eigenvalue weighted by molar-refractivity contribution is 6.30. The molecule has 6 rings (SSSR count). The maximum atomic E-state index is 15.0. The van der Waals surface area contributed by atoms with Crippen molar-refractivity contribution in [1.82, 2.24) is 29.7 Å². The van der Waals surface area contributed by atoms with Crippen LogP contribution in [0.1, 0.15) is 54.9 Å². The Morgan fingerprint density at radius 1 is 1.06 bits per heavy atom. The lowest BCUT2D eigenvalue weighted by Gasteiger charge is -2.31. The van der Waals surface area contributed by atoms with Gasteiger partial charge in [0.05, 0.1) is 29.3 Å². The summed E-state index contributed by atoms with van der Waals surface area (Å²) in [6, 6.07) is 4.92. The van der Waals surface area contributed by atoms with E-state index < -0.39 is 5.82 Å². The molecule has 1 amide bonds. The van der Waals surface area contributed by atoms with Gasteiger partial charge in [0, 0.05) is 35.7 Å². The maximum absolute atomic E-state index is 15.0. The first-order valence-corrected chi connectivity index (χ1v) is 12.1. The summed E-state index contributed by atoms with van der Waals surface area (Å²) < 4.78 is 16.9. The number of halogens is 2. The number of rotatable bonds is 4. The van der Waals surface area contributed by atoms with Gasteiger partial charge in [0.15, 0.2) is 5.65 Å². The molecule has 1 atom stereocenters. The third-order valence-corrected chi connectivity index (χ3v) is 6.98. The molecule has 2 aliphatic rings. The summed E-state index contributed by atoms with van der Waals surface area (Å²) in [6.45, 7) is 4.14. The molecule has 1 aliphatic carbocycles. The van der Waals surface area contributed by atoms with Gasteiger partial charge in [0.2, 0.25) is 5.91 Å². The van der Waals surface area contributed by atoms with Gasteiger partial charge in [-0.2, -0.15) is 5.10 Å². The van der Waals surface area contributed by atoms with Gasteiger partial charge in [-0.1, -0.05) is 11.6 Å². The molecule has 0 N–H and O–H groups in total. The fourth-order valence-electron chi connectivity index (χ4n) is 4.49. The van der Waals surface area contributed by atoms with Crippen LogP contribution in [0.5, 0.6) is 0 Å². The summed E-state index contributed by atoms with van der Waals surface area (Å²) >= 11 is 5.99. The largest absolute Gasteiger partial charge is 0.309 e. The number of piperidine rings is 1. The molecule has 1 aliphatic heterocycles. The molecule has 1 saturated carbocycles. The summed E-state index contributed by atoms with van der Waals surface area (Å²) in [7, 11) is 0. The Morgan fingerprint density at radius 3 is 2.63 bits per heavy atom. The van der Waals surface area contributed by atoms with Gasteiger partial charge in [-0.25, -0.2) is 24.3 Å². The average Bonchev–Trinajstić information content (AvgIpc) is 3.57. The van der Waals surface area contributed by atoms with E-state index in [2.05, 4.69) is 15.1 Å². The lowest BCUT2D eigenvalue weighted by molar-refractivity contribution is -0.119. The Hall–Kier alpha value is -3.46. The predicted molar refractivity (Wildman–Crippen MR) is 130 cm³/mol. The second-order valence-corrected chi connectivity index (χ2v) is 9.71. The topological polar surface area (TPSA) is 89.7 Å². The Morgan fingerprint density at radius 2 is 1.86 bits per heavy atom. The molecule has 0 unspecified atom stereocenters. The third-order valence-electron chi connectivity index (χ3n) is 6.74. The van der Waals surface area contributed by atoms with Crippen molar-refractivity contribution >= 4 is 34.4 Å². The van der Waals surface area contributed by atoms with Crippen LogP contribution in [-0.2, 0) is 4.79 Å². The molecule has 10 heteroatoms. The first-order valence-electron chi connectivity index (χ1n) is 11.7. The van der Waals surface area contributed by atoms with E-state index >= 15 is 0 Å². The van der Waals surface area contributed by atoms with Gasteiger partial charge in [0.25, 0.3) is 0 Å². The number of aromatic nitrogens is 6. The highest BCUT2D eigenvalue weighted by Gasteiger charge is 2.32. The maximum Gasteiger partial charge on any atom is 0.227 e. The Balaban J connectivity index is 1.43. The Bertz CT molecular complexity index is 1480. The van der Waals surface area contributed by atoms with E-state index in [1.807, 2.05) is 24.7 Å². The van der Waals surface area contributed by atoms with E-state index in [-0.39, 0.29) is 17.4 Å². The second kappa shape index (κ2) is 8.34. The minimum atomic E-state index is -0.489. The number of fused-ring (bicyclic) bond motifs is 1. The molecule has 0 radical (unpaired) electrons. The average molecular weight is 492 g/mol. The SMILES string of the molecule is Cc1nc2nc([C@H]3CCC(=O)N(c4cnn(C5CC5)c4)C3)nc(-c3ccc(Cl)cc3F)c2nc1C. The van der Waals surface area contributed by atoms with Crippen LogP contribution in [0, 0.1) is 19.7 Å². The minimum Gasteiger partial charge on any atom is -0.309 e. The number of nitrogens with zero attached hydrogens (tertiary/aromatic N) is 7. The lowest BCUT2D eigenvalue weighted by atomic mass is 9.96. The predicted octanol–water partition coefficient (Wildman–Crippen LogP) is 4.94. The second-order valence-electron chi connectivity index (χ2n) is 9.27. The molecular weight excluding hydrogens is 469 g/mol. The van der Waals surface area contributed by atoms with Crippen LogP contribution in [-0.4, -0.2) is 42.2 Å².